The zero-order valence-electron chi connectivity index (χ0n) is 19.3. The first-order valence-corrected chi connectivity index (χ1v) is 12.8. The van der Waals surface area contributed by atoms with E-state index in [9.17, 15) is 4.79 Å². The molecule has 2 aromatic heterocycles. The molecule has 1 aliphatic heterocycles. The lowest BCUT2D eigenvalue weighted by molar-refractivity contribution is -0.114. The zero-order valence-corrected chi connectivity index (χ0v) is 21.7. The van der Waals surface area contributed by atoms with E-state index in [4.69, 9.17) is 16.6 Å². The Morgan fingerprint density at radius 1 is 1.14 bits per heavy atom. The number of nitrogens with one attached hydrogen (secondary N) is 2. The molecule has 0 aliphatic carbocycles. The molecule has 2 N–H and O–H groups in total. The van der Waals surface area contributed by atoms with Crippen molar-refractivity contribution in [3.63, 3.8) is 0 Å². The number of anilines is 2. The number of amides is 1. The van der Waals surface area contributed by atoms with Crippen molar-refractivity contribution in [2.75, 3.05) is 23.7 Å². The fourth-order valence-corrected chi connectivity index (χ4v) is 5.03. The molecule has 180 valence electrons. The first-order chi connectivity index (χ1) is 17.0. The predicted octanol–water partition coefficient (Wildman–Crippen LogP) is 5.85. The van der Waals surface area contributed by atoms with Gasteiger partial charge in [-0.15, -0.1) is 0 Å². The van der Waals surface area contributed by atoms with E-state index in [1.165, 1.54) is 12.5 Å². The molecule has 0 bridgehead atoms. The third-order valence-electron chi connectivity index (χ3n) is 6.20. The van der Waals surface area contributed by atoms with E-state index in [2.05, 4.69) is 48.7 Å². The van der Waals surface area contributed by atoms with Crippen molar-refractivity contribution in [3.05, 3.63) is 75.9 Å². The van der Waals surface area contributed by atoms with Crippen molar-refractivity contribution in [2.45, 2.75) is 32.4 Å². The van der Waals surface area contributed by atoms with Crippen LogP contribution in [0.15, 0.2) is 65.3 Å². The molecule has 0 radical (unpaired) electrons. The van der Waals surface area contributed by atoms with Gasteiger partial charge in [-0.1, -0.05) is 41.9 Å². The third-order valence-corrected chi connectivity index (χ3v) is 7.09. The van der Waals surface area contributed by atoms with Crippen LogP contribution in [0.2, 0.25) is 5.02 Å². The number of hydrogen-bond acceptors (Lipinski definition) is 5. The van der Waals surface area contributed by atoms with Crippen LogP contribution in [0.3, 0.4) is 0 Å². The highest BCUT2D eigenvalue weighted by atomic mass is 79.9. The lowest BCUT2D eigenvalue weighted by Crippen LogP contribution is -2.39. The Balaban J connectivity index is 1.27. The Morgan fingerprint density at radius 2 is 1.89 bits per heavy atom. The molecule has 1 aliphatic rings. The summed E-state index contributed by atoms with van der Waals surface area (Å²) >= 11 is 10.0. The number of carbonyl (C=O) groups excluding carboxylic acids is 1. The monoisotopic (exact) mass is 552 g/mol. The molecule has 4 aromatic rings. The molecule has 1 amide bonds. The lowest BCUT2D eigenvalue weighted by atomic mass is 10.0. The molecule has 0 spiro atoms. The van der Waals surface area contributed by atoms with Crippen molar-refractivity contribution in [1.29, 1.82) is 0 Å². The number of likely N-dealkylation sites (tertiary alicyclic amines) is 1. The molecule has 7 nitrogen and oxygen atoms in total. The smallest absolute Gasteiger partial charge is 0.221 e. The highest BCUT2D eigenvalue weighted by Crippen LogP contribution is 2.31. The minimum atomic E-state index is -0.0553. The van der Waals surface area contributed by atoms with Gasteiger partial charge in [-0.05, 0) is 52.5 Å². The number of hydrogen-bond donors (Lipinski definition) is 2. The largest absolute Gasteiger partial charge is 0.367 e. The maximum absolute atomic E-state index is 11.2. The number of fused-ring (bicyclic) bond motifs is 1. The SMILES string of the molecule is CC(=O)Nc1ccc(CN2CCC(Nc3cc(-c4ccccc4Cl)nc4c(Br)cnn34)CC2)cc1. The van der Waals surface area contributed by atoms with Crippen LogP contribution in [0.4, 0.5) is 11.5 Å². The summed E-state index contributed by atoms with van der Waals surface area (Å²) in [7, 11) is 0. The summed E-state index contributed by atoms with van der Waals surface area (Å²) in [6.45, 7) is 4.42. The van der Waals surface area contributed by atoms with Crippen LogP contribution in [0.1, 0.15) is 25.3 Å². The summed E-state index contributed by atoms with van der Waals surface area (Å²) in [6, 6.07) is 18.2. The average Bonchev–Trinajstić information content (AvgIpc) is 3.22. The van der Waals surface area contributed by atoms with Crippen LogP contribution in [0, 0.1) is 0 Å². The van der Waals surface area contributed by atoms with Gasteiger partial charge >= 0.3 is 0 Å². The predicted molar refractivity (Wildman–Crippen MR) is 144 cm³/mol. The lowest BCUT2D eigenvalue weighted by Gasteiger charge is -2.33. The number of aromatic nitrogens is 3. The maximum atomic E-state index is 11.2. The standard InChI is InChI=1S/C26H26BrClN6O/c1-17(35)30-19-8-6-18(7-9-19)16-33-12-10-20(11-13-33)31-25-14-24(21-4-2-3-5-23(21)28)32-26-22(27)15-29-34(25)26/h2-9,14-15,20,31H,10-13,16H2,1H3,(H,30,35). The third kappa shape index (κ3) is 5.50. The Morgan fingerprint density at radius 3 is 2.60 bits per heavy atom. The number of nitrogens with zero attached hydrogens (tertiary/aromatic N) is 4. The zero-order chi connectivity index (χ0) is 24.4. The molecule has 0 atom stereocenters. The van der Waals surface area contributed by atoms with Crippen molar-refractivity contribution >= 4 is 50.6 Å². The van der Waals surface area contributed by atoms with Gasteiger partial charge in [-0.3, -0.25) is 9.69 Å². The van der Waals surface area contributed by atoms with Gasteiger partial charge in [-0.2, -0.15) is 9.61 Å². The van der Waals surface area contributed by atoms with Crippen molar-refractivity contribution in [3.8, 4) is 11.3 Å². The summed E-state index contributed by atoms with van der Waals surface area (Å²) < 4.78 is 2.68. The molecule has 5 rings (SSSR count). The quantitative estimate of drug-likeness (QED) is 0.313. The minimum absolute atomic E-state index is 0.0553. The fourth-order valence-electron chi connectivity index (χ4n) is 4.45. The number of halogens is 2. The van der Waals surface area contributed by atoms with E-state index in [0.29, 0.717) is 11.1 Å². The normalized spacial score (nSPS) is 14.8. The Hall–Kier alpha value is -2.94. The van der Waals surface area contributed by atoms with E-state index in [1.807, 2.05) is 47.0 Å². The van der Waals surface area contributed by atoms with Crippen molar-refractivity contribution in [1.82, 2.24) is 19.5 Å². The Labute approximate surface area is 217 Å². The summed E-state index contributed by atoms with van der Waals surface area (Å²) in [4.78, 5) is 18.5. The number of benzene rings is 2. The van der Waals surface area contributed by atoms with E-state index < -0.39 is 0 Å². The number of rotatable bonds is 6. The van der Waals surface area contributed by atoms with Gasteiger partial charge in [0.25, 0.3) is 0 Å². The van der Waals surface area contributed by atoms with Gasteiger partial charge < -0.3 is 10.6 Å². The molecular formula is C26H26BrClN6O. The van der Waals surface area contributed by atoms with E-state index in [1.54, 1.807) is 6.20 Å². The molecule has 0 saturated carbocycles. The van der Waals surface area contributed by atoms with Crippen LogP contribution in [-0.4, -0.2) is 44.5 Å². The number of carbonyl (C=O) groups is 1. The summed E-state index contributed by atoms with van der Waals surface area (Å²) in [5, 5.41) is 11.7. The van der Waals surface area contributed by atoms with Crippen LogP contribution < -0.4 is 10.6 Å². The van der Waals surface area contributed by atoms with E-state index in [-0.39, 0.29) is 5.91 Å². The van der Waals surface area contributed by atoms with Gasteiger partial charge in [-0.25, -0.2) is 4.98 Å². The summed E-state index contributed by atoms with van der Waals surface area (Å²) in [5.41, 5.74) is 4.53. The second-order valence-corrected chi connectivity index (χ2v) is 10.1. The second-order valence-electron chi connectivity index (χ2n) is 8.81. The highest BCUT2D eigenvalue weighted by Gasteiger charge is 2.21. The van der Waals surface area contributed by atoms with Gasteiger partial charge in [0.2, 0.25) is 5.91 Å². The molecule has 9 heteroatoms. The molecule has 1 fully saturated rings. The first-order valence-electron chi connectivity index (χ1n) is 11.6. The molecule has 1 saturated heterocycles. The van der Waals surface area contributed by atoms with Gasteiger partial charge in [0.05, 0.1) is 16.4 Å². The Kier molecular flexibility index (Phi) is 7.04. The second kappa shape index (κ2) is 10.4. The minimum Gasteiger partial charge on any atom is -0.367 e. The molecular weight excluding hydrogens is 528 g/mol. The van der Waals surface area contributed by atoms with Crippen LogP contribution in [0.25, 0.3) is 16.9 Å². The Bertz CT molecular complexity index is 1350. The fraction of sp³-hybridized carbons (Fsp3) is 0.269. The van der Waals surface area contributed by atoms with Gasteiger partial charge in [0.1, 0.15) is 5.82 Å². The van der Waals surface area contributed by atoms with Gasteiger partial charge in [0, 0.05) is 54.9 Å². The molecule has 35 heavy (non-hydrogen) atoms. The highest BCUT2D eigenvalue weighted by molar-refractivity contribution is 9.10. The number of piperidine rings is 1. The van der Waals surface area contributed by atoms with E-state index >= 15 is 0 Å². The molecule has 3 heterocycles. The summed E-state index contributed by atoms with van der Waals surface area (Å²) in [6.07, 6.45) is 3.82. The van der Waals surface area contributed by atoms with Crippen LogP contribution >= 0.6 is 27.5 Å². The first kappa shape index (κ1) is 23.8. The van der Waals surface area contributed by atoms with Crippen LogP contribution in [-0.2, 0) is 11.3 Å². The van der Waals surface area contributed by atoms with E-state index in [0.717, 1.165) is 65.4 Å². The molecule has 0 unspecified atom stereocenters. The summed E-state index contributed by atoms with van der Waals surface area (Å²) in [5.74, 6) is 0.850. The van der Waals surface area contributed by atoms with Crippen molar-refractivity contribution < 1.29 is 4.79 Å². The topological polar surface area (TPSA) is 74.6 Å². The van der Waals surface area contributed by atoms with Gasteiger partial charge in [0.15, 0.2) is 5.65 Å². The average molecular weight is 554 g/mol. The van der Waals surface area contributed by atoms with Crippen molar-refractivity contribution in [2.24, 2.45) is 0 Å². The molecule has 2 aromatic carbocycles. The van der Waals surface area contributed by atoms with Crippen LogP contribution in [0.5, 0.6) is 0 Å². The maximum Gasteiger partial charge on any atom is 0.221 e.